The zero-order chi connectivity index (χ0) is 17.0. The van der Waals surface area contributed by atoms with Crippen LogP contribution in [0, 0.1) is 19.7 Å². The first-order chi connectivity index (χ1) is 10.9. The first-order valence-electron chi connectivity index (χ1n) is 7.66. The monoisotopic (exact) mass is 315 g/mol. The zero-order valence-electron chi connectivity index (χ0n) is 13.9. The number of benzene rings is 2. The summed E-state index contributed by atoms with van der Waals surface area (Å²) in [7, 11) is 0. The first kappa shape index (κ1) is 17.0. The van der Waals surface area contributed by atoms with Gasteiger partial charge < -0.3 is 10.1 Å². The van der Waals surface area contributed by atoms with Crippen molar-refractivity contribution in [3.63, 3.8) is 0 Å². The number of carbonyl (C=O) groups excluding carboxylic acids is 1. The summed E-state index contributed by atoms with van der Waals surface area (Å²) in [5.74, 6) is 0.400. The van der Waals surface area contributed by atoms with Crippen LogP contribution in [0.1, 0.15) is 36.5 Å². The van der Waals surface area contributed by atoms with E-state index in [0.29, 0.717) is 17.4 Å². The fourth-order valence-corrected chi connectivity index (χ4v) is 2.45. The number of rotatable bonds is 5. The molecule has 0 spiro atoms. The average molecular weight is 315 g/mol. The number of hydrogen-bond donors (Lipinski definition) is 1. The molecule has 2 aromatic rings. The van der Waals surface area contributed by atoms with E-state index in [-0.39, 0.29) is 18.3 Å². The highest BCUT2D eigenvalue weighted by Crippen LogP contribution is 2.23. The van der Waals surface area contributed by atoms with Crippen LogP contribution >= 0.6 is 0 Å². The lowest BCUT2D eigenvalue weighted by Gasteiger charge is -2.13. The molecule has 0 aliphatic rings. The standard InChI is InChI=1S/C19H22FNO2/c1-12(2)17-8-7-16(9-14(17)4)23-11-19(22)21-18-10-15(20)6-5-13(18)3/h5-10,12H,11H2,1-4H3,(H,21,22). The van der Waals surface area contributed by atoms with Crippen LogP contribution in [-0.4, -0.2) is 12.5 Å². The highest BCUT2D eigenvalue weighted by molar-refractivity contribution is 5.92. The van der Waals surface area contributed by atoms with Crippen molar-refractivity contribution in [3.8, 4) is 5.75 Å². The molecule has 0 aromatic heterocycles. The van der Waals surface area contributed by atoms with E-state index in [9.17, 15) is 9.18 Å². The lowest BCUT2D eigenvalue weighted by atomic mass is 9.98. The second-order valence-corrected chi connectivity index (χ2v) is 5.97. The summed E-state index contributed by atoms with van der Waals surface area (Å²) in [6, 6.07) is 10.1. The minimum atomic E-state index is -0.383. The second kappa shape index (κ2) is 7.27. The van der Waals surface area contributed by atoms with Gasteiger partial charge in [0.15, 0.2) is 6.61 Å². The fourth-order valence-electron chi connectivity index (χ4n) is 2.45. The number of aryl methyl sites for hydroxylation is 2. The maximum absolute atomic E-state index is 13.2. The Kier molecular flexibility index (Phi) is 5.37. The molecular formula is C19H22FNO2. The molecule has 0 unspecified atom stereocenters. The third-order valence-corrected chi connectivity index (χ3v) is 3.71. The summed E-state index contributed by atoms with van der Waals surface area (Å²) in [6.07, 6.45) is 0. The van der Waals surface area contributed by atoms with Gasteiger partial charge in [-0.05, 0) is 60.7 Å². The van der Waals surface area contributed by atoms with Crippen molar-refractivity contribution < 1.29 is 13.9 Å². The normalized spacial score (nSPS) is 10.7. The van der Waals surface area contributed by atoms with Crippen molar-refractivity contribution in [2.75, 3.05) is 11.9 Å². The number of halogens is 1. The van der Waals surface area contributed by atoms with E-state index in [2.05, 4.69) is 19.2 Å². The van der Waals surface area contributed by atoms with Crippen molar-refractivity contribution in [3.05, 3.63) is 58.9 Å². The van der Waals surface area contributed by atoms with Crippen LogP contribution in [0.15, 0.2) is 36.4 Å². The second-order valence-electron chi connectivity index (χ2n) is 5.97. The van der Waals surface area contributed by atoms with Gasteiger partial charge in [0.05, 0.1) is 0 Å². The van der Waals surface area contributed by atoms with Gasteiger partial charge in [0, 0.05) is 5.69 Å². The summed E-state index contributed by atoms with van der Waals surface area (Å²) < 4.78 is 18.7. The molecule has 0 aliphatic carbocycles. The van der Waals surface area contributed by atoms with Gasteiger partial charge >= 0.3 is 0 Å². The largest absolute Gasteiger partial charge is 0.484 e. The van der Waals surface area contributed by atoms with Gasteiger partial charge in [-0.3, -0.25) is 4.79 Å². The lowest BCUT2D eigenvalue weighted by molar-refractivity contribution is -0.118. The zero-order valence-corrected chi connectivity index (χ0v) is 13.9. The Balaban J connectivity index is 1.97. The van der Waals surface area contributed by atoms with Crippen molar-refractivity contribution in [1.29, 1.82) is 0 Å². The molecule has 0 radical (unpaired) electrons. The van der Waals surface area contributed by atoms with Crippen molar-refractivity contribution >= 4 is 11.6 Å². The van der Waals surface area contributed by atoms with Crippen LogP contribution in [0.5, 0.6) is 5.75 Å². The van der Waals surface area contributed by atoms with E-state index < -0.39 is 0 Å². The molecule has 23 heavy (non-hydrogen) atoms. The van der Waals surface area contributed by atoms with Gasteiger partial charge in [0.2, 0.25) is 0 Å². The number of ether oxygens (including phenoxy) is 1. The molecule has 0 saturated carbocycles. The summed E-state index contributed by atoms with van der Waals surface area (Å²) in [5.41, 5.74) is 3.66. The van der Waals surface area contributed by atoms with Crippen LogP contribution in [0.4, 0.5) is 10.1 Å². The Bertz CT molecular complexity index is 711. The van der Waals surface area contributed by atoms with Crippen LogP contribution < -0.4 is 10.1 Å². The Hall–Kier alpha value is -2.36. The molecule has 0 heterocycles. The van der Waals surface area contributed by atoms with Crippen LogP contribution in [-0.2, 0) is 4.79 Å². The van der Waals surface area contributed by atoms with Crippen LogP contribution in [0.25, 0.3) is 0 Å². The van der Waals surface area contributed by atoms with E-state index in [1.165, 1.54) is 17.7 Å². The molecule has 0 aliphatic heterocycles. The summed E-state index contributed by atoms with van der Waals surface area (Å²) in [4.78, 5) is 12.0. The molecule has 2 aromatic carbocycles. The van der Waals surface area contributed by atoms with Crippen LogP contribution in [0.2, 0.25) is 0 Å². The molecule has 0 atom stereocenters. The number of carbonyl (C=O) groups is 1. The molecular weight excluding hydrogens is 293 g/mol. The maximum Gasteiger partial charge on any atom is 0.262 e. The minimum Gasteiger partial charge on any atom is -0.484 e. The number of anilines is 1. The number of nitrogens with one attached hydrogen (secondary N) is 1. The molecule has 2 rings (SSSR count). The van der Waals surface area contributed by atoms with Crippen molar-refractivity contribution in [2.45, 2.75) is 33.6 Å². The molecule has 1 amide bonds. The van der Waals surface area contributed by atoms with Crippen molar-refractivity contribution in [2.24, 2.45) is 0 Å². The lowest BCUT2D eigenvalue weighted by Crippen LogP contribution is -2.20. The fraction of sp³-hybridized carbons (Fsp3) is 0.316. The highest BCUT2D eigenvalue weighted by atomic mass is 19.1. The molecule has 0 fully saturated rings. The Morgan fingerprint density at radius 2 is 1.87 bits per heavy atom. The average Bonchev–Trinajstić information content (AvgIpc) is 2.48. The van der Waals surface area contributed by atoms with E-state index in [4.69, 9.17) is 4.74 Å². The topological polar surface area (TPSA) is 38.3 Å². The maximum atomic E-state index is 13.2. The summed E-state index contributed by atoms with van der Waals surface area (Å²) >= 11 is 0. The molecule has 1 N–H and O–H groups in total. The third kappa shape index (κ3) is 4.55. The predicted octanol–water partition coefficient (Wildman–Crippen LogP) is 4.58. The quantitative estimate of drug-likeness (QED) is 0.877. The van der Waals surface area contributed by atoms with Gasteiger partial charge in [0.25, 0.3) is 5.91 Å². The third-order valence-electron chi connectivity index (χ3n) is 3.71. The van der Waals surface area contributed by atoms with Gasteiger partial charge in [-0.25, -0.2) is 4.39 Å². The number of amides is 1. The molecule has 122 valence electrons. The number of hydrogen-bond acceptors (Lipinski definition) is 2. The van der Waals surface area contributed by atoms with Crippen LogP contribution in [0.3, 0.4) is 0 Å². The molecule has 0 saturated heterocycles. The van der Waals surface area contributed by atoms with Gasteiger partial charge in [-0.1, -0.05) is 26.0 Å². The van der Waals surface area contributed by atoms with Gasteiger partial charge in [0.1, 0.15) is 11.6 Å². The van der Waals surface area contributed by atoms with E-state index in [1.807, 2.05) is 32.0 Å². The highest BCUT2D eigenvalue weighted by Gasteiger charge is 2.09. The smallest absolute Gasteiger partial charge is 0.262 e. The Morgan fingerprint density at radius 3 is 2.52 bits per heavy atom. The van der Waals surface area contributed by atoms with E-state index >= 15 is 0 Å². The molecule has 4 heteroatoms. The van der Waals surface area contributed by atoms with E-state index in [1.54, 1.807) is 6.07 Å². The molecule has 0 bridgehead atoms. The van der Waals surface area contributed by atoms with Gasteiger partial charge in [-0.15, -0.1) is 0 Å². The molecule has 3 nitrogen and oxygen atoms in total. The predicted molar refractivity (Wildman–Crippen MR) is 90.5 cm³/mol. The van der Waals surface area contributed by atoms with Crippen molar-refractivity contribution in [1.82, 2.24) is 0 Å². The van der Waals surface area contributed by atoms with Gasteiger partial charge in [-0.2, -0.15) is 0 Å². The SMILES string of the molecule is Cc1ccc(F)cc1NC(=O)COc1ccc(C(C)C)c(C)c1. The first-order valence-corrected chi connectivity index (χ1v) is 7.66. The Morgan fingerprint density at radius 1 is 1.13 bits per heavy atom. The minimum absolute atomic E-state index is 0.115. The summed E-state index contributed by atoms with van der Waals surface area (Å²) in [6.45, 7) is 7.99. The summed E-state index contributed by atoms with van der Waals surface area (Å²) in [5, 5.41) is 2.66. The Labute approximate surface area is 136 Å². The van der Waals surface area contributed by atoms with E-state index in [0.717, 1.165) is 11.1 Å².